The number of nitrogens with zero attached hydrogens (tertiary/aromatic N) is 1. The first kappa shape index (κ1) is 13.2. The lowest BCUT2D eigenvalue weighted by Gasteiger charge is -2.22. The average molecular weight is 263 g/mol. The SMILES string of the molecule is Cc1ccc(NC2CCCCCC2C#N)cc1Cl. The minimum atomic E-state index is 0.118. The molecule has 0 saturated heterocycles. The van der Waals surface area contributed by atoms with Crippen molar-refractivity contribution >= 4 is 17.3 Å². The largest absolute Gasteiger partial charge is 0.381 e. The molecule has 1 aliphatic carbocycles. The maximum absolute atomic E-state index is 9.25. The van der Waals surface area contributed by atoms with Crippen LogP contribution in [0.3, 0.4) is 0 Å². The highest BCUT2D eigenvalue weighted by molar-refractivity contribution is 6.31. The van der Waals surface area contributed by atoms with Gasteiger partial charge in [0.2, 0.25) is 0 Å². The lowest BCUT2D eigenvalue weighted by atomic mass is 9.96. The molecule has 2 rings (SSSR count). The van der Waals surface area contributed by atoms with Gasteiger partial charge in [-0.05, 0) is 37.5 Å². The van der Waals surface area contributed by atoms with Crippen LogP contribution in [-0.4, -0.2) is 6.04 Å². The van der Waals surface area contributed by atoms with Gasteiger partial charge in [-0.2, -0.15) is 5.26 Å². The van der Waals surface area contributed by atoms with E-state index in [1.807, 2.05) is 25.1 Å². The van der Waals surface area contributed by atoms with Crippen molar-refractivity contribution in [3.8, 4) is 6.07 Å². The number of aryl methyl sites for hydroxylation is 1. The van der Waals surface area contributed by atoms with Gasteiger partial charge in [0.15, 0.2) is 0 Å². The Balaban J connectivity index is 2.10. The fourth-order valence-electron chi connectivity index (χ4n) is 2.53. The van der Waals surface area contributed by atoms with Gasteiger partial charge in [-0.25, -0.2) is 0 Å². The second-order valence-corrected chi connectivity index (χ2v) is 5.50. The highest BCUT2D eigenvalue weighted by Crippen LogP contribution is 2.27. The Kier molecular flexibility index (Phi) is 4.49. The zero-order chi connectivity index (χ0) is 13.0. The van der Waals surface area contributed by atoms with Crippen LogP contribution in [0.15, 0.2) is 18.2 Å². The van der Waals surface area contributed by atoms with Crippen molar-refractivity contribution in [3.05, 3.63) is 28.8 Å². The summed E-state index contributed by atoms with van der Waals surface area (Å²) in [5.41, 5.74) is 2.11. The molecule has 2 nitrogen and oxygen atoms in total. The second kappa shape index (κ2) is 6.11. The number of halogens is 1. The standard InChI is InChI=1S/C15H19ClN2/c1-11-7-8-13(9-14(11)16)18-15-6-4-2-3-5-12(15)10-17/h7-9,12,15,18H,2-6H2,1H3. The van der Waals surface area contributed by atoms with E-state index in [1.54, 1.807) is 0 Å². The van der Waals surface area contributed by atoms with Gasteiger partial charge in [0.05, 0.1) is 12.0 Å². The van der Waals surface area contributed by atoms with Crippen LogP contribution in [0.4, 0.5) is 5.69 Å². The van der Waals surface area contributed by atoms with E-state index in [9.17, 15) is 5.26 Å². The minimum Gasteiger partial charge on any atom is -0.381 e. The minimum absolute atomic E-state index is 0.118. The fourth-order valence-corrected chi connectivity index (χ4v) is 2.71. The zero-order valence-corrected chi connectivity index (χ0v) is 11.5. The molecule has 1 aromatic carbocycles. The molecule has 0 bridgehead atoms. The highest BCUT2D eigenvalue weighted by atomic mass is 35.5. The lowest BCUT2D eigenvalue weighted by Crippen LogP contribution is -2.27. The summed E-state index contributed by atoms with van der Waals surface area (Å²) in [6, 6.07) is 8.72. The van der Waals surface area contributed by atoms with Gasteiger partial charge >= 0.3 is 0 Å². The van der Waals surface area contributed by atoms with Crippen molar-refractivity contribution in [3.63, 3.8) is 0 Å². The Hall–Kier alpha value is -1.20. The molecule has 2 atom stereocenters. The van der Waals surface area contributed by atoms with E-state index in [0.717, 1.165) is 29.1 Å². The average Bonchev–Trinajstić information content (AvgIpc) is 2.59. The summed E-state index contributed by atoms with van der Waals surface area (Å²) in [5.74, 6) is 0.118. The molecule has 0 aromatic heterocycles. The van der Waals surface area contributed by atoms with Crippen LogP contribution in [-0.2, 0) is 0 Å². The van der Waals surface area contributed by atoms with Gasteiger partial charge in [-0.1, -0.05) is 36.9 Å². The lowest BCUT2D eigenvalue weighted by molar-refractivity contribution is 0.514. The molecule has 1 fully saturated rings. The van der Waals surface area contributed by atoms with E-state index in [4.69, 9.17) is 11.6 Å². The Morgan fingerprint density at radius 2 is 2.06 bits per heavy atom. The summed E-state index contributed by atoms with van der Waals surface area (Å²) in [6.45, 7) is 2.00. The van der Waals surface area contributed by atoms with Crippen LogP contribution in [0.5, 0.6) is 0 Å². The molecule has 1 aliphatic rings. The van der Waals surface area contributed by atoms with E-state index in [-0.39, 0.29) is 12.0 Å². The van der Waals surface area contributed by atoms with Gasteiger partial charge in [0, 0.05) is 16.8 Å². The third-order valence-electron chi connectivity index (χ3n) is 3.71. The van der Waals surface area contributed by atoms with Crippen molar-refractivity contribution in [1.82, 2.24) is 0 Å². The Morgan fingerprint density at radius 1 is 1.28 bits per heavy atom. The molecule has 1 aromatic rings. The van der Waals surface area contributed by atoms with Gasteiger partial charge in [-0.15, -0.1) is 0 Å². The molecule has 0 heterocycles. The molecular formula is C15H19ClN2. The van der Waals surface area contributed by atoms with Crippen LogP contribution in [0.25, 0.3) is 0 Å². The first-order valence-corrected chi connectivity index (χ1v) is 7.01. The van der Waals surface area contributed by atoms with Crippen molar-refractivity contribution in [2.24, 2.45) is 5.92 Å². The first-order chi connectivity index (χ1) is 8.70. The second-order valence-electron chi connectivity index (χ2n) is 5.09. The smallest absolute Gasteiger partial charge is 0.0677 e. The van der Waals surface area contributed by atoms with Gasteiger partial charge < -0.3 is 5.32 Å². The molecule has 0 spiro atoms. The summed E-state index contributed by atoms with van der Waals surface area (Å²) in [7, 11) is 0. The zero-order valence-electron chi connectivity index (χ0n) is 10.7. The summed E-state index contributed by atoms with van der Waals surface area (Å²) < 4.78 is 0. The van der Waals surface area contributed by atoms with Crippen LogP contribution in [0, 0.1) is 24.2 Å². The van der Waals surface area contributed by atoms with E-state index < -0.39 is 0 Å². The molecule has 0 amide bonds. The van der Waals surface area contributed by atoms with Crippen molar-refractivity contribution in [2.75, 3.05) is 5.32 Å². The van der Waals surface area contributed by atoms with E-state index in [0.29, 0.717) is 0 Å². The van der Waals surface area contributed by atoms with Gasteiger partial charge in [0.1, 0.15) is 0 Å². The number of benzene rings is 1. The van der Waals surface area contributed by atoms with E-state index in [2.05, 4.69) is 11.4 Å². The number of anilines is 1. The van der Waals surface area contributed by atoms with Crippen molar-refractivity contribution in [2.45, 2.75) is 45.1 Å². The van der Waals surface area contributed by atoms with Crippen LogP contribution in [0.2, 0.25) is 5.02 Å². The van der Waals surface area contributed by atoms with Crippen LogP contribution < -0.4 is 5.32 Å². The summed E-state index contributed by atoms with van der Waals surface area (Å²) in [5, 5.41) is 13.5. The highest BCUT2D eigenvalue weighted by Gasteiger charge is 2.23. The molecule has 96 valence electrons. The Labute approximate surface area is 114 Å². The number of rotatable bonds is 2. The van der Waals surface area contributed by atoms with Gasteiger partial charge in [0.25, 0.3) is 0 Å². The van der Waals surface area contributed by atoms with E-state index >= 15 is 0 Å². The first-order valence-electron chi connectivity index (χ1n) is 6.63. The summed E-state index contributed by atoms with van der Waals surface area (Å²) in [6.07, 6.45) is 5.70. The maximum atomic E-state index is 9.25. The number of hydrogen-bond acceptors (Lipinski definition) is 2. The number of nitriles is 1. The normalized spacial score (nSPS) is 24.1. The molecule has 0 radical (unpaired) electrons. The topological polar surface area (TPSA) is 35.8 Å². The maximum Gasteiger partial charge on any atom is 0.0677 e. The molecular weight excluding hydrogens is 244 g/mol. The van der Waals surface area contributed by atoms with Crippen molar-refractivity contribution < 1.29 is 0 Å². The predicted octanol–water partition coefficient (Wildman–Crippen LogP) is 4.53. The summed E-state index contributed by atoms with van der Waals surface area (Å²) in [4.78, 5) is 0. The Morgan fingerprint density at radius 3 is 2.78 bits per heavy atom. The molecule has 2 unspecified atom stereocenters. The van der Waals surface area contributed by atoms with Crippen LogP contribution >= 0.6 is 11.6 Å². The summed E-state index contributed by atoms with van der Waals surface area (Å²) >= 11 is 6.13. The number of hydrogen-bond donors (Lipinski definition) is 1. The van der Waals surface area contributed by atoms with Crippen molar-refractivity contribution in [1.29, 1.82) is 5.26 Å². The number of nitrogens with one attached hydrogen (secondary N) is 1. The van der Waals surface area contributed by atoms with Crippen LogP contribution in [0.1, 0.15) is 37.7 Å². The fraction of sp³-hybridized carbons (Fsp3) is 0.533. The third-order valence-corrected chi connectivity index (χ3v) is 4.11. The monoisotopic (exact) mass is 262 g/mol. The molecule has 1 saturated carbocycles. The van der Waals surface area contributed by atoms with E-state index in [1.165, 1.54) is 19.3 Å². The quantitative estimate of drug-likeness (QED) is 0.795. The molecule has 0 aliphatic heterocycles. The third kappa shape index (κ3) is 3.17. The Bertz CT molecular complexity index is 450. The molecule has 3 heteroatoms. The predicted molar refractivity (Wildman–Crippen MR) is 75.8 cm³/mol. The molecule has 18 heavy (non-hydrogen) atoms. The van der Waals surface area contributed by atoms with Gasteiger partial charge in [-0.3, -0.25) is 0 Å². The molecule has 1 N–H and O–H groups in total.